The second-order valence-corrected chi connectivity index (χ2v) is 8.03. The Kier molecular flexibility index (Phi) is 8.62. The smallest absolute Gasteiger partial charge is 0.0668 e. The topological polar surface area (TPSA) is 15.6 Å². The number of fused-ring (bicyclic) bond motifs is 1. The molecule has 7 heteroatoms. The zero-order chi connectivity index (χ0) is 18.8. The van der Waals surface area contributed by atoms with E-state index in [0.29, 0.717) is 10.0 Å². The molecule has 0 amide bonds. The molecule has 2 nitrogen and oxygen atoms in total. The summed E-state index contributed by atoms with van der Waals surface area (Å²) in [6.45, 7) is 1.66. The van der Waals surface area contributed by atoms with Crippen LogP contribution in [0.25, 0.3) is 17.2 Å². The molecule has 0 unspecified atom stereocenters. The van der Waals surface area contributed by atoms with Gasteiger partial charge in [-0.05, 0) is 57.8 Å². The van der Waals surface area contributed by atoms with Gasteiger partial charge < -0.3 is 4.90 Å². The van der Waals surface area contributed by atoms with Crippen LogP contribution in [0.2, 0.25) is 10.0 Å². The van der Waals surface area contributed by atoms with Crippen LogP contribution in [-0.4, -0.2) is 25.8 Å². The van der Waals surface area contributed by atoms with Crippen LogP contribution in [0, 0.1) is 0 Å². The lowest BCUT2D eigenvalue weighted by atomic mass is 10.0. The highest BCUT2D eigenvalue weighted by Crippen LogP contribution is 2.31. The van der Waals surface area contributed by atoms with Gasteiger partial charge in [-0.25, -0.2) is 0 Å². The van der Waals surface area contributed by atoms with E-state index in [1.54, 1.807) is 11.3 Å². The second-order valence-electron chi connectivity index (χ2n) is 6.44. The molecule has 2 aromatic carbocycles. The van der Waals surface area contributed by atoms with Gasteiger partial charge in [0.05, 0.1) is 22.3 Å². The van der Waals surface area contributed by atoms with Crippen LogP contribution in [0.5, 0.6) is 0 Å². The number of nitrogens with zero attached hydrogens (tertiary/aromatic N) is 2. The largest absolute Gasteiger partial charge is 0.372 e. The average molecular weight is 486 g/mol. The highest BCUT2D eigenvalue weighted by molar-refractivity contribution is 7.08. The van der Waals surface area contributed by atoms with Gasteiger partial charge in [-0.1, -0.05) is 47.5 Å². The lowest BCUT2D eigenvalue weighted by Crippen LogP contribution is -2.20. The molecule has 29 heavy (non-hydrogen) atoms. The minimum Gasteiger partial charge on any atom is -0.372 e. The molecule has 1 aliphatic rings. The maximum absolute atomic E-state index is 6.13. The van der Waals surface area contributed by atoms with Crippen molar-refractivity contribution in [2.75, 3.05) is 25.0 Å². The maximum atomic E-state index is 6.13. The Bertz CT molecular complexity index is 1030. The van der Waals surface area contributed by atoms with Gasteiger partial charge in [-0.3, -0.25) is 4.99 Å². The molecule has 1 aromatic heterocycles. The molecule has 3 aromatic rings. The molecule has 0 radical (unpaired) electrons. The maximum Gasteiger partial charge on any atom is 0.0668 e. The summed E-state index contributed by atoms with van der Waals surface area (Å²) in [5.74, 6) is 0. The van der Waals surface area contributed by atoms with Crippen molar-refractivity contribution in [1.29, 1.82) is 0 Å². The Morgan fingerprint density at radius 2 is 1.79 bits per heavy atom. The fourth-order valence-corrected chi connectivity index (χ4v) is 4.10. The minimum absolute atomic E-state index is 0. The zero-order valence-corrected chi connectivity index (χ0v) is 19.6. The molecule has 152 valence electrons. The third-order valence-electron chi connectivity index (χ3n) is 4.63. The van der Waals surface area contributed by atoms with Crippen molar-refractivity contribution in [2.24, 2.45) is 4.99 Å². The number of anilines is 1. The number of hydrogen-bond donors (Lipinski definition) is 0. The van der Waals surface area contributed by atoms with Crippen molar-refractivity contribution in [1.82, 2.24) is 0 Å². The number of halogens is 4. The molecule has 0 atom stereocenters. The molecule has 0 fully saturated rings. The summed E-state index contributed by atoms with van der Waals surface area (Å²) in [6, 6.07) is 14.4. The van der Waals surface area contributed by atoms with E-state index in [-0.39, 0.29) is 24.8 Å². The standard InChI is InChI=1S/C22H18Cl2N2S.2ClH/c1-26-10-9-25-21(7-3-15-2-6-19(23)20(24)12-15)18-5-4-16(13-22(18)26)17-8-11-27-14-17;;/h2-8,11-14H,9-10H2,1H3;2*1H/b7-3+;;. The first-order chi connectivity index (χ1) is 13.1. The van der Waals surface area contributed by atoms with Gasteiger partial charge in [-0.15, -0.1) is 24.8 Å². The minimum atomic E-state index is 0. The van der Waals surface area contributed by atoms with Crippen molar-refractivity contribution in [2.45, 2.75) is 0 Å². The first-order valence-electron chi connectivity index (χ1n) is 8.67. The lowest BCUT2D eigenvalue weighted by Gasteiger charge is -2.20. The number of allylic oxidation sites excluding steroid dienone is 1. The number of hydrogen-bond acceptors (Lipinski definition) is 3. The van der Waals surface area contributed by atoms with Gasteiger partial charge in [0.15, 0.2) is 0 Å². The van der Waals surface area contributed by atoms with Crippen LogP contribution in [0.4, 0.5) is 5.69 Å². The molecular weight excluding hydrogens is 466 g/mol. The van der Waals surface area contributed by atoms with Gasteiger partial charge in [0.25, 0.3) is 0 Å². The molecule has 0 N–H and O–H groups in total. The van der Waals surface area contributed by atoms with Gasteiger partial charge in [0, 0.05) is 24.8 Å². The molecule has 0 spiro atoms. The number of aliphatic imine (C=N–C) groups is 1. The van der Waals surface area contributed by atoms with E-state index in [1.165, 1.54) is 16.8 Å². The fraction of sp³-hybridized carbons (Fsp3) is 0.136. The molecule has 1 aliphatic heterocycles. The van der Waals surface area contributed by atoms with E-state index in [1.807, 2.05) is 24.3 Å². The number of likely N-dealkylation sites (N-methyl/N-ethyl adjacent to an activating group) is 1. The number of rotatable bonds is 3. The van der Waals surface area contributed by atoms with E-state index in [4.69, 9.17) is 28.2 Å². The van der Waals surface area contributed by atoms with Gasteiger partial charge >= 0.3 is 0 Å². The summed E-state index contributed by atoms with van der Waals surface area (Å²) in [5.41, 5.74) is 6.82. The predicted molar refractivity (Wildman–Crippen MR) is 134 cm³/mol. The van der Waals surface area contributed by atoms with Crippen molar-refractivity contribution >= 4 is 76.8 Å². The van der Waals surface area contributed by atoms with Crippen molar-refractivity contribution < 1.29 is 0 Å². The van der Waals surface area contributed by atoms with Crippen molar-refractivity contribution in [3.05, 3.63) is 80.5 Å². The molecule has 0 saturated carbocycles. The normalized spacial score (nSPS) is 13.2. The van der Waals surface area contributed by atoms with Crippen LogP contribution in [0.3, 0.4) is 0 Å². The van der Waals surface area contributed by atoms with Crippen LogP contribution >= 0.6 is 59.4 Å². The number of benzene rings is 2. The summed E-state index contributed by atoms with van der Waals surface area (Å²) in [5, 5.41) is 5.41. The molecule has 2 heterocycles. The fourth-order valence-electron chi connectivity index (χ4n) is 3.13. The Morgan fingerprint density at radius 1 is 0.966 bits per heavy atom. The van der Waals surface area contributed by atoms with Crippen LogP contribution in [0.1, 0.15) is 11.1 Å². The Balaban J connectivity index is 0.00000150. The summed E-state index contributed by atoms with van der Waals surface area (Å²) in [4.78, 5) is 7.07. The van der Waals surface area contributed by atoms with Gasteiger partial charge in [0.2, 0.25) is 0 Å². The first-order valence-corrected chi connectivity index (χ1v) is 10.4. The number of benzodiazepines with no additional fused rings is 1. The van der Waals surface area contributed by atoms with Crippen molar-refractivity contribution in [3.8, 4) is 11.1 Å². The predicted octanol–water partition coefficient (Wildman–Crippen LogP) is 7.52. The Hall–Kier alpha value is -1.49. The highest BCUT2D eigenvalue weighted by Gasteiger charge is 2.16. The van der Waals surface area contributed by atoms with E-state index in [0.717, 1.165) is 29.9 Å². The summed E-state index contributed by atoms with van der Waals surface area (Å²) < 4.78 is 0. The van der Waals surface area contributed by atoms with Crippen LogP contribution in [-0.2, 0) is 0 Å². The van der Waals surface area contributed by atoms with E-state index >= 15 is 0 Å². The molecule has 0 aliphatic carbocycles. The average Bonchev–Trinajstić information content (AvgIpc) is 3.16. The Morgan fingerprint density at radius 3 is 2.52 bits per heavy atom. The quantitative estimate of drug-likeness (QED) is 0.374. The monoisotopic (exact) mass is 484 g/mol. The molecule has 0 saturated heterocycles. The first kappa shape index (κ1) is 23.8. The Labute approximate surface area is 197 Å². The summed E-state index contributed by atoms with van der Waals surface area (Å²) in [6.07, 6.45) is 4.09. The van der Waals surface area contributed by atoms with E-state index < -0.39 is 0 Å². The molecular formula is C22H20Cl4N2S. The lowest BCUT2D eigenvalue weighted by molar-refractivity contribution is 0.897. The highest BCUT2D eigenvalue weighted by atomic mass is 35.5. The second kappa shape index (κ2) is 10.5. The zero-order valence-electron chi connectivity index (χ0n) is 15.6. The third kappa shape index (κ3) is 5.36. The van der Waals surface area contributed by atoms with Crippen LogP contribution < -0.4 is 4.90 Å². The molecule has 0 bridgehead atoms. The third-order valence-corrected chi connectivity index (χ3v) is 6.06. The summed E-state index contributed by atoms with van der Waals surface area (Å²) >= 11 is 13.8. The summed E-state index contributed by atoms with van der Waals surface area (Å²) in [7, 11) is 2.12. The van der Waals surface area contributed by atoms with Crippen LogP contribution in [0.15, 0.2) is 64.3 Å². The molecule has 4 rings (SSSR count). The number of thiophene rings is 1. The van der Waals surface area contributed by atoms with Gasteiger partial charge in [0.1, 0.15) is 0 Å². The van der Waals surface area contributed by atoms with E-state index in [9.17, 15) is 0 Å². The van der Waals surface area contributed by atoms with Gasteiger partial charge in [-0.2, -0.15) is 11.3 Å². The van der Waals surface area contributed by atoms with Crippen molar-refractivity contribution in [3.63, 3.8) is 0 Å². The van der Waals surface area contributed by atoms with E-state index in [2.05, 4.69) is 53.0 Å². The SMILES string of the molecule is CN1CCN=C(/C=C/c2ccc(Cl)c(Cl)c2)c2ccc(-c3ccsc3)cc21.Cl.Cl.